The number of Topliss-reactive ketones (excluding diaryl/α,β-unsaturated/α-hetero) is 1. The fraction of sp³-hybridized carbons (Fsp3) is 0.727. The Kier molecular flexibility index (Phi) is 4.65. The number of hydrogen-bond acceptors (Lipinski definition) is 5. The van der Waals surface area contributed by atoms with E-state index in [0.717, 1.165) is 13.0 Å². The van der Waals surface area contributed by atoms with E-state index >= 15 is 0 Å². The minimum Gasteiger partial charge on any atom is -0.386 e. The van der Waals surface area contributed by atoms with Crippen molar-refractivity contribution < 1.29 is 19.1 Å². The van der Waals surface area contributed by atoms with Crippen molar-refractivity contribution in [3.63, 3.8) is 0 Å². The van der Waals surface area contributed by atoms with Gasteiger partial charge in [0.1, 0.15) is 6.04 Å². The molecule has 17 heavy (non-hydrogen) atoms. The molecule has 0 saturated carbocycles. The molecule has 1 aliphatic rings. The summed E-state index contributed by atoms with van der Waals surface area (Å²) < 4.78 is 6.42. The third-order valence-corrected chi connectivity index (χ3v) is 3.67. The predicted molar refractivity (Wildman–Crippen MR) is 69.3 cm³/mol. The number of hydrogen-bond donors (Lipinski definition) is 0. The van der Waals surface area contributed by atoms with Gasteiger partial charge >= 0.3 is 11.9 Å². The predicted octanol–water partition coefficient (Wildman–Crippen LogP) is 1.49. The van der Waals surface area contributed by atoms with Crippen molar-refractivity contribution in [1.29, 1.82) is 0 Å². The molecular weight excluding hydrogens is 337 g/mol. The van der Waals surface area contributed by atoms with Crippen LogP contribution in [0.4, 0.5) is 0 Å². The highest BCUT2D eigenvalue weighted by Gasteiger charge is 2.36. The van der Waals surface area contributed by atoms with E-state index in [1.54, 1.807) is 23.9 Å². The summed E-state index contributed by atoms with van der Waals surface area (Å²) in [6.07, 6.45) is 1.56. The van der Waals surface area contributed by atoms with Crippen LogP contribution < -0.4 is 0 Å². The van der Waals surface area contributed by atoms with E-state index < -0.39 is 29.2 Å². The molecule has 5 nitrogen and oxygen atoms in total. The third-order valence-electron chi connectivity index (χ3n) is 2.52. The van der Waals surface area contributed by atoms with Crippen molar-refractivity contribution >= 4 is 40.6 Å². The Hall–Kier alpha value is -0.500. The Bertz CT molecular complexity index is 348. The number of halogens is 1. The lowest BCUT2D eigenvalue weighted by Crippen LogP contribution is -2.37. The first-order valence-corrected chi connectivity index (χ1v) is 6.43. The van der Waals surface area contributed by atoms with Gasteiger partial charge in [0, 0.05) is 34.8 Å². The second kappa shape index (κ2) is 5.43. The van der Waals surface area contributed by atoms with E-state index in [-0.39, 0.29) is 0 Å². The molecule has 0 spiro atoms. The molecule has 1 aliphatic heterocycles. The van der Waals surface area contributed by atoms with Gasteiger partial charge in [-0.1, -0.05) is 20.8 Å². The van der Waals surface area contributed by atoms with E-state index in [0.29, 0.717) is 6.42 Å². The smallest absolute Gasteiger partial charge is 0.382 e. The van der Waals surface area contributed by atoms with Crippen LogP contribution in [0.3, 0.4) is 0 Å². The van der Waals surface area contributed by atoms with Gasteiger partial charge in [0.25, 0.3) is 0 Å². The van der Waals surface area contributed by atoms with Crippen molar-refractivity contribution in [1.82, 2.24) is 3.11 Å². The zero-order valence-corrected chi connectivity index (χ0v) is 12.3. The average molecular weight is 353 g/mol. The Morgan fingerprint density at radius 3 is 2.29 bits per heavy atom. The summed E-state index contributed by atoms with van der Waals surface area (Å²) in [5, 5.41) is 0. The normalized spacial score (nSPS) is 21.3. The number of ketones is 1. The summed E-state index contributed by atoms with van der Waals surface area (Å²) in [6.45, 7) is 5.63. The van der Waals surface area contributed by atoms with Crippen LogP contribution >= 0.6 is 22.9 Å². The van der Waals surface area contributed by atoms with Crippen molar-refractivity contribution in [3.05, 3.63) is 0 Å². The molecule has 96 valence electrons. The molecule has 1 rings (SSSR count). The summed E-state index contributed by atoms with van der Waals surface area (Å²) in [5.74, 6) is -2.36. The van der Waals surface area contributed by atoms with Gasteiger partial charge in [-0.3, -0.25) is 4.79 Å². The monoisotopic (exact) mass is 353 g/mol. The van der Waals surface area contributed by atoms with Crippen molar-refractivity contribution in [2.24, 2.45) is 5.41 Å². The van der Waals surface area contributed by atoms with Gasteiger partial charge in [0.05, 0.1) is 0 Å². The molecule has 1 atom stereocenters. The standard InChI is InChI=1S/C11H16INO4/c1-11(2,3)8(14)10(16)17-9(15)7-5-4-6-13(7)12/h7H,4-6H2,1-3H3. The van der Waals surface area contributed by atoms with Gasteiger partial charge in [-0.25, -0.2) is 12.7 Å². The maximum atomic E-state index is 11.7. The minimum absolute atomic E-state index is 0.410. The lowest BCUT2D eigenvalue weighted by Gasteiger charge is -2.17. The molecule has 1 fully saturated rings. The lowest BCUT2D eigenvalue weighted by molar-refractivity contribution is -0.167. The highest BCUT2D eigenvalue weighted by molar-refractivity contribution is 14.1. The highest BCUT2D eigenvalue weighted by Crippen LogP contribution is 2.22. The third kappa shape index (κ3) is 3.74. The lowest BCUT2D eigenvalue weighted by atomic mass is 9.91. The van der Waals surface area contributed by atoms with Crippen molar-refractivity contribution in [3.8, 4) is 0 Å². The number of rotatable bonds is 2. The highest BCUT2D eigenvalue weighted by atomic mass is 127. The minimum atomic E-state index is -1.06. The molecular formula is C11H16INO4. The quantitative estimate of drug-likeness (QED) is 0.247. The van der Waals surface area contributed by atoms with Crippen LogP contribution in [0.1, 0.15) is 33.6 Å². The first kappa shape index (κ1) is 14.6. The average Bonchev–Trinajstić information content (AvgIpc) is 2.61. The molecule has 0 radical (unpaired) electrons. The van der Waals surface area contributed by atoms with E-state index in [1.807, 2.05) is 22.9 Å². The van der Waals surface area contributed by atoms with E-state index in [4.69, 9.17) is 0 Å². The second-order valence-corrected chi connectivity index (χ2v) is 6.31. The van der Waals surface area contributed by atoms with E-state index in [2.05, 4.69) is 4.74 Å². The van der Waals surface area contributed by atoms with Crippen LogP contribution in [0.15, 0.2) is 0 Å². The summed E-state index contributed by atoms with van der Waals surface area (Å²) >= 11 is 2.03. The maximum Gasteiger partial charge on any atom is 0.382 e. The van der Waals surface area contributed by atoms with Crippen LogP contribution in [0, 0.1) is 5.41 Å². The molecule has 1 heterocycles. The molecule has 0 N–H and O–H groups in total. The number of nitrogens with zero attached hydrogens (tertiary/aromatic N) is 1. The summed E-state index contributed by atoms with van der Waals surface area (Å²) in [4.78, 5) is 34.7. The van der Waals surface area contributed by atoms with Gasteiger partial charge in [-0.2, -0.15) is 0 Å². The van der Waals surface area contributed by atoms with Crippen molar-refractivity contribution in [2.45, 2.75) is 39.7 Å². The topological polar surface area (TPSA) is 63.7 Å². The first-order valence-electron chi connectivity index (χ1n) is 5.46. The van der Waals surface area contributed by atoms with Crippen LogP contribution in [0.25, 0.3) is 0 Å². The van der Waals surface area contributed by atoms with Gasteiger partial charge in [0.15, 0.2) is 0 Å². The molecule has 6 heteroatoms. The molecule has 0 aliphatic carbocycles. The largest absolute Gasteiger partial charge is 0.386 e. The zero-order valence-electron chi connectivity index (χ0n) is 10.2. The van der Waals surface area contributed by atoms with Gasteiger partial charge in [0.2, 0.25) is 5.78 Å². The van der Waals surface area contributed by atoms with Gasteiger partial charge in [-0.15, -0.1) is 0 Å². The zero-order chi connectivity index (χ0) is 13.2. The van der Waals surface area contributed by atoms with Crippen molar-refractivity contribution in [2.75, 3.05) is 6.54 Å². The van der Waals surface area contributed by atoms with Crippen LogP contribution in [0.5, 0.6) is 0 Å². The Balaban J connectivity index is 2.57. The molecule has 1 saturated heterocycles. The first-order chi connectivity index (χ1) is 7.73. The second-order valence-electron chi connectivity index (χ2n) is 5.07. The summed E-state index contributed by atoms with van der Waals surface area (Å²) in [5.41, 5.74) is -0.822. The molecule has 1 unspecified atom stereocenters. The van der Waals surface area contributed by atoms with Crippen LogP contribution in [-0.4, -0.2) is 33.4 Å². The Labute approximate surface area is 114 Å². The van der Waals surface area contributed by atoms with Crippen LogP contribution in [0.2, 0.25) is 0 Å². The Morgan fingerprint density at radius 2 is 1.88 bits per heavy atom. The fourth-order valence-electron chi connectivity index (χ4n) is 1.48. The van der Waals surface area contributed by atoms with Gasteiger partial charge < -0.3 is 4.74 Å². The molecule has 0 amide bonds. The Morgan fingerprint density at radius 1 is 1.29 bits per heavy atom. The molecule has 0 aromatic heterocycles. The molecule has 0 aromatic rings. The van der Waals surface area contributed by atoms with E-state index in [1.165, 1.54) is 0 Å². The summed E-state index contributed by atoms with van der Waals surface area (Å²) in [6, 6.07) is -0.410. The van der Waals surface area contributed by atoms with Gasteiger partial charge in [-0.05, 0) is 12.8 Å². The molecule has 0 aromatic carbocycles. The van der Waals surface area contributed by atoms with Crippen LogP contribution in [-0.2, 0) is 19.1 Å². The number of carbonyl (C=O) groups excluding carboxylic acids is 3. The SMILES string of the molecule is CC(C)(C)C(=O)C(=O)OC(=O)C1CCCN1I. The number of esters is 2. The summed E-state index contributed by atoms with van der Waals surface area (Å²) in [7, 11) is 0. The number of carbonyl (C=O) groups is 3. The van der Waals surface area contributed by atoms with E-state index in [9.17, 15) is 14.4 Å². The number of ether oxygens (including phenoxy) is 1. The maximum absolute atomic E-state index is 11.7. The fourth-order valence-corrected chi connectivity index (χ4v) is 2.32. The molecule has 0 bridgehead atoms.